The Morgan fingerprint density at radius 1 is 0.906 bits per heavy atom. The van der Waals surface area contributed by atoms with Crippen LogP contribution in [0.1, 0.15) is 47.9 Å². The molecule has 2 heterocycles. The lowest BCUT2D eigenvalue weighted by Gasteiger charge is -2.43. The number of nitrogens with zero attached hydrogens (tertiary/aromatic N) is 1. The van der Waals surface area contributed by atoms with Crippen LogP contribution in [0.25, 0.3) is 11.1 Å². The zero-order chi connectivity index (χ0) is 21.7. The molecule has 3 aromatic carbocycles. The van der Waals surface area contributed by atoms with E-state index in [0.29, 0.717) is 12.8 Å². The van der Waals surface area contributed by atoms with Crippen molar-refractivity contribution in [3.63, 3.8) is 0 Å². The van der Waals surface area contributed by atoms with Crippen molar-refractivity contribution in [2.75, 3.05) is 0 Å². The van der Waals surface area contributed by atoms with Gasteiger partial charge in [0.15, 0.2) is 0 Å². The van der Waals surface area contributed by atoms with Crippen LogP contribution in [-0.4, -0.2) is 28.2 Å². The molecule has 0 aromatic heterocycles. The van der Waals surface area contributed by atoms with E-state index in [0.717, 1.165) is 30.4 Å². The van der Waals surface area contributed by atoms with Gasteiger partial charge in [-0.2, -0.15) is 0 Å². The molecule has 2 fully saturated rings. The third-order valence-electron chi connectivity index (χ3n) is 7.51. The smallest absolute Gasteiger partial charge is 0.410 e. The van der Waals surface area contributed by atoms with Crippen LogP contribution in [-0.2, 0) is 23.4 Å². The fourth-order valence-corrected chi connectivity index (χ4v) is 5.99. The van der Waals surface area contributed by atoms with E-state index in [4.69, 9.17) is 4.74 Å². The first-order valence-corrected chi connectivity index (χ1v) is 11.5. The van der Waals surface area contributed by atoms with E-state index < -0.39 is 5.60 Å². The standard InChI is InChI=1S/C28H27NO3/c30-27(32-18-19-6-2-1-3-7-19)29-23-11-12-24(29)17-28(31,16-23)22-10-13-26-21(15-22)14-20-8-4-5-9-25(20)26/h1-10,13,15,23-24,31H,11-12,14,16-18H2. The normalized spacial score (nSPS) is 25.3. The summed E-state index contributed by atoms with van der Waals surface area (Å²) in [5.74, 6) is 0. The van der Waals surface area contributed by atoms with Gasteiger partial charge in [0.25, 0.3) is 0 Å². The Morgan fingerprint density at radius 3 is 2.38 bits per heavy atom. The highest BCUT2D eigenvalue weighted by Gasteiger charge is 2.50. The number of fused-ring (bicyclic) bond motifs is 5. The molecule has 6 rings (SSSR count). The zero-order valence-corrected chi connectivity index (χ0v) is 18.0. The van der Waals surface area contributed by atoms with Gasteiger partial charge in [-0.1, -0.05) is 72.8 Å². The molecule has 1 aliphatic carbocycles. The van der Waals surface area contributed by atoms with Crippen molar-refractivity contribution in [1.29, 1.82) is 0 Å². The van der Waals surface area contributed by atoms with Crippen molar-refractivity contribution in [3.8, 4) is 11.1 Å². The third-order valence-corrected chi connectivity index (χ3v) is 7.51. The number of carbonyl (C=O) groups excluding carboxylic acids is 1. The molecule has 4 heteroatoms. The number of hydrogen-bond acceptors (Lipinski definition) is 3. The molecule has 2 saturated heterocycles. The third kappa shape index (κ3) is 3.21. The molecular formula is C28H27NO3. The fourth-order valence-electron chi connectivity index (χ4n) is 5.99. The van der Waals surface area contributed by atoms with E-state index in [1.807, 2.05) is 35.2 Å². The van der Waals surface area contributed by atoms with Gasteiger partial charge in [-0.15, -0.1) is 0 Å². The number of aliphatic hydroxyl groups is 1. The van der Waals surface area contributed by atoms with Gasteiger partial charge in [0.1, 0.15) is 6.61 Å². The molecule has 3 aliphatic rings. The average Bonchev–Trinajstić information content (AvgIpc) is 3.33. The molecule has 0 saturated carbocycles. The van der Waals surface area contributed by atoms with Gasteiger partial charge < -0.3 is 14.7 Å². The van der Waals surface area contributed by atoms with Gasteiger partial charge in [0.05, 0.1) is 5.60 Å². The summed E-state index contributed by atoms with van der Waals surface area (Å²) in [5.41, 5.74) is 6.29. The molecule has 4 nitrogen and oxygen atoms in total. The van der Waals surface area contributed by atoms with E-state index in [9.17, 15) is 9.90 Å². The maximum atomic E-state index is 12.9. The highest BCUT2D eigenvalue weighted by Crippen LogP contribution is 2.47. The predicted octanol–water partition coefficient (Wildman–Crippen LogP) is 5.41. The number of hydrogen-bond donors (Lipinski definition) is 1. The van der Waals surface area contributed by atoms with Crippen LogP contribution >= 0.6 is 0 Å². The number of ether oxygens (including phenoxy) is 1. The van der Waals surface area contributed by atoms with Gasteiger partial charge in [-0.25, -0.2) is 4.79 Å². The van der Waals surface area contributed by atoms with Crippen LogP contribution in [0.3, 0.4) is 0 Å². The minimum Gasteiger partial charge on any atom is -0.445 e. The predicted molar refractivity (Wildman–Crippen MR) is 123 cm³/mol. The Hall–Kier alpha value is -3.11. The molecule has 0 spiro atoms. The molecule has 2 bridgehead atoms. The molecule has 3 aromatic rings. The van der Waals surface area contributed by atoms with Crippen molar-refractivity contribution < 1.29 is 14.6 Å². The molecule has 1 N–H and O–H groups in total. The molecule has 1 amide bonds. The van der Waals surface area contributed by atoms with Gasteiger partial charge >= 0.3 is 6.09 Å². The minimum atomic E-state index is -0.897. The fraction of sp³-hybridized carbons (Fsp3) is 0.321. The molecule has 2 unspecified atom stereocenters. The summed E-state index contributed by atoms with van der Waals surface area (Å²) in [4.78, 5) is 14.8. The molecule has 32 heavy (non-hydrogen) atoms. The summed E-state index contributed by atoms with van der Waals surface area (Å²) in [6.07, 6.45) is 3.63. The van der Waals surface area contributed by atoms with E-state index in [1.165, 1.54) is 22.3 Å². The summed E-state index contributed by atoms with van der Waals surface area (Å²) in [5, 5.41) is 11.7. The molecule has 2 aliphatic heterocycles. The van der Waals surface area contributed by atoms with E-state index in [-0.39, 0.29) is 24.8 Å². The van der Waals surface area contributed by atoms with Crippen LogP contribution in [0.2, 0.25) is 0 Å². The van der Waals surface area contributed by atoms with Gasteiger partial charge in [-0.05, 0) is 52.6 Å². The largest absolute Gasteiger partial charge is 0.445 e. The summed E-state index contributed by atoms with van der Waals surface area (Å²) >= 11 is 0. The van der Waals surface area contributed by atoms with Crippen molar-refractivity contribution in [2.45, 2.75) is 56.4 Å². The summed E-state index contributed by atoms with van der Waals surface area (Å²) in [6.45, 7) is 0.283. The van der Waals surface area contributed by atoms with Crippen LogP contribution in [0.15, 0.2) is 72.8 Å². The Kier molecular flexibility index (Phi) is 4.58. The van der Waals surface area contributed by atoms with Crippen molar-refractivity contribution in [3.05, 3.63) is 95.1 Å². The SMILES string of the molecule is O=C(OCc1ccccc1)N1C2CCC1CC(O)(c1ccc3c(c1)Cc1ccccc1-3)C2. The highest BCUT2D eigenvalue weighted by atomic mass is 16.6. The van der Waals surface area contributed by atoms with E-state index in [2.05, 4.69) is 42.5 Å². The second kappa shape index (κ2) is 7.49. The topological polar surface area (TPSA) is 49.8 Å². The summed E-state index contributed by atoms with van der Waals surface area (Å²) < 4.78 is 5.62. The minimum absolute atomic E-state index is 0.0208. The van der Waals surface area contributed by atoms with Gasteiger partial charge in [0.2, 0.25) is 0 Å². The number of amides is 1. The Bertz CT molecular complexity index is 1160. The lowest BCUT2D eigenvalue weighted by atomic mass is 9.79. The second-order valence-electron chi connectivity index (χ2n) is 9.48. The monoisotopic (exact) mass is 425 g/mol. The highest BCUT2D eigenvalue weighted by molar-refractivity contribution is 5.77. The maximum absolute atomic E-state index is 12.9. The Balaban J connectivity index is 1.19. The average molecular weight is 426 g/mol. The number of rotatable bonds is 3. The van der Waals surface area contributed by atoms with Crippen molar-refractivity contribution in [2.24, 2.45) is 0 Å². The Labute approximate surface area is 188 Å². The lowest BCUT2D eigenvalue weighted by molar-refractivity contribution is -0.0537. The number of piperidine rings is 1. The van der Waals surface area contributed by atoms with Crippen LogP contribution in [0.4, 0.5) is 4.79 Å². The molecule has 162 valence electrons. The van der Waals surface area contributed by atoms with E-state index in [1.54, 1.807) is 0 Å². The molecule has 0 radical (unpaired) electrons. The van der Waals surface area contributed by atoms with Crippen molar-refractivity contribution in [1.82, 2.24) is 4.90 Å². The summed E-state index contributed by atoms with van der Waals surface area (Å²) in [7, 11) is 0. The van der Waals surface area contributed by atoms with Gasteiger partial charge in [0, 0.05) is 24.9 Å². The van der Waals surface area contributed by atoms with Crippen LogP contribution < -0.4 is 0 Å². The number of carbonyl (C=O) groups is 1. The molecular weight excluding hydrogens is 398 g/mol. The Morgan fingerprint density at radius 2 is 1.59 bits per heavy atom. The first-order chi connectivity index (χ1) is 15.6. The quantitative estimate of drug-likeness (QED) is 0.478. The zero-order valence-electron chi connectivity index (χ0n) is 18.0. The van der Waals surface area contributed by atoms with E-state index >= 15 is 0 Å². The number of benzene rings is 3. The molecule has 2 atom stereocenters. The first kappa shape index (κ1) is 19.6. The van der Waals surface area contributed by atoms with Crippen LogP contribution in [0, 0.1) is 0 Å². The van der Waals surface area contributed by atoms with Gasteiger partial charge in [-0.3, -0.25) is 0 Å². The maximum Gasteiger partial charge on any atom is 0.410 e. The van der Waals surface area contributed by atoms with Crippen LogP contribution in [0.5, 0.6) is 0 Å². The van der Waals surface area contributed by atoms with Crippen molar-refractivity contribution >= 4 is 6.09 Å². The summed E-state index contributed by atoms with van der Waals surface area (Å²) in [6, 6.07) is 24.8. The lowest BCUT2D eigenvalue weighted by Crippen LogP contribution is -2.52. The second-order valence-corrected chi connectivity index (χ2v) is 9.48. The first-order valence-electron chi connectivity index (χ1n) is 11.5.